The first-order chi connectivity index (χ1) is 7.18. The molecule has 0 fully saturated rings. The molecule has 0 bridgehead atoms. The Labute approximate surface area is 86.4 Å². The summed E-state index contributed by atoms with van der Waals surface area (Å²) in [6.07, 6.45) is 0. The van der Waals surface area contributed by atoms with Crippen LogP contribution in [-0.2, 0) is 4.79 Å². The Hall–Kier alpha value is -1.75. The molecule has 78 valence electrons. The maximum absolute atomic E-state index is 11.6. The van der Waals surface area contributed by atoms with Crippen molar-refractivity contribution in [2.45, 2.75) is 6.04 Å². The van der Waals surface area contributed by atoms with E-state index in [-0.39, 0.29) is 12.7 Å². The summed E-state index contributed by atoms with van der Waals surface area (Å²) in [5.41, 5.74) is 7.39. The Morgan fingerprint density at radius 2 is 2.07 bits per heavy atom. The van der Waals surface area contributed by atoms with Gasteiger partial charge in [-0.2, -0.15) is 0 Å². The lowest BCUT2D eigenvalue weighted by atomic mass is 10.1. The highest BCUT2D eigenvalue weighted by Crippen LogP contribution is 2.43. The van der Waals surface area contributed by atoms with Gasteiger partial charge in [0.25, 0.3) is 0 Å². The summed E-state index contributed by atoms with van der Waals surface area (Å²) in [5, 5.41) is 0. The number of likely N-dealkylation sites (N-methyl/N-ethyl adjacent to an activating group) is 1. The topological polar surface area (TPSA) is 64.8 Å². The zero-order valence-corrected chi connectivity index (χ0v) is 8.19. The molecule has 2 heterocycles. The molecular weight excluding hydrogens is 196 g/mol. The van der Waals surface area contributed by atoms with Crippen LogP contribution in [0.25, 0.3) is 0 Å². The highest BCUT2D eigenvalue weighted by molar-refractivity contribution is 6.04. The van der Waals surface area contributed by atoms with Crippen LogP contribution in [0.2, 0.25) is 0 Å². The number of carbonyl (C=O) groups excluding carboxylic acids is 1. The molecule has 0 saturated heterocycles. The van der Waals surface area contributed by atoms with Crippen LogP contribution in [-0.4, -0.2) is 19.7 Å². The Bertz CT molecular complexity index is 419. The number of nitrogens with zero attached hydrogens (tertiary/aromatic N) is 1. The van der Waals surface area contributed by atoms with Gasteiger partial charge in [-0.1, -0.05) is 0 Å². The van der Waals surface area contributed by atoms with Crippen LogP contribution in [0, 0.1) is 0 Å². The third-order valence-corrected chi connectivity index (χ3v) is 2.81. The molecule has 0 aliphatic carbocycles. The fourth-order valence-electron chi connectivity index (χ4n) is 1.95. The van der Waals surface area contributed by atoms with E-state index in [0.717, 1.165) is 11.3 Å². The third-order valence-electron chi connectivity index (χ3n) is 2.81. The zero-order valence-electron chi connectivity index (χ0n) is 8.19. The van der Waals surface area contributed by atoms with Gasteiger partial charge in [0, 0.05) is 18.7 Å². The normalized spacial score (nSPS) is 22.1. The van der Waals surface area contributed by atoms with Crippen LogP contribution in [0.4, 0.5) is 5.69 Å². The van der Waals surface area contributed by atoms with Crippen LogP contribution < -0.4 is 20.1 Å². The predicted octanol–water partition coefficient (Wildman–Crippen LogP) is 0.391. The number of amides is 1. The maximum atomic E-state index is 11.6. The van der Waals surface area contributed by atoms with E-state index >= 15 is 0 Å². The van der Waals surface area contributed by atoms with E-state index in [1.165, 1.54) is 0 Å². The van der Waals surface area contributed by atoms with Crippen molar-refractivity contribution in [3.05, 3.63) is 17.7 Å². The molecule has 0 spiro atoms. The summed E-state index contributed by atoms with van der Waals surface area (Å²) in [6.45, 7) is 0.227. The van der Waals surface area contributed by atoms with Crippen molar-refractivity contribution in [3.63, 3.8) is 0 Å². The molecular formula is C10H10N2O3. The Morgan fingerprint density at radius 3 is 2.80 bits per heavy atom. The zero-order chi connectivity index (χ0) is 10.6. The number of ether oxygens (including phenoxy) is 2. The van der Waals surface area contributed by atoms with Crippen molar-refractivity contribution in [3.8, 4) is 11.5 Å². The van der Waals surface area contributed by atoms with Crippen molar-refractivity contribution in [2.24, 2.45) is 5.73 Å². The smallest absolute Gasteiger partial charge is 0.248 e. The first-order valence-electron chi connectivity index (χ1n) is 4.65. The monoisotopic (exact) mass is 206 g/mol. The predicted molar refractivity (Wildman–Crippen MR) is 52.9 cm³/mol. The molecule has 0 radical (unpaired) electrons. The second-order valence-electron chi connectivity index (χ2n) is 3.64. The summed E-state index contributed by atoms with van der Waals surface area (Å²) in [5.74, 6) is 1.23. The molecule has 1 amide bonds. The molecule has 1 aromatic carbocycles. The van der Waals surface area contributed by atoms with E-state index in [0.29, 0.717) is 11.5 Å². The van der Waals surface area contributed by atoms with Gasteiger partial charge in [-0.25, -0.2) is 0 Å². The van der Waals surface area contributed by atoms with Gasteiger partial charge < -0.3 is 20.1 Å². The summed E-state index contributed by atoms with van der Waals surface area (Å²) in [6, 6.07) is 2.99. The highest BCUT2D eigenvalue weighted by atomic mass is 16.7. The standard InChI is InChI=1S/C10H10N2O3/c1-12-6-3-8-7(14-4-15-8)2-5(6)9(11)10(12)13/h2-3,9H,4,11H2,1H3. The molecule has 15 heavy (non-hydrogen) atoms. The summed E-state index contributed by atoms with van der Waals surface area (Å²) in [7, 11) is 1.70. The van der Waals surface area contributed by atoms with Crippen LogP contribution in [0.3, 0.4) is 0 Å². The number of fused-ring (bicyclic) bond motifs is 2. The molecule has 2 aliphatic heterocycles. The Kier molecular flexibility index (Phi) is 1.50. The molecule has 0 aromatic heterocycles. The van der Waals surface area contributed by atoms with Crippen LogP contribution >= 0.6 is 0 Å². The number of hydrogen-bond donors (Lipinski definition) is 1. The van der Waals surface area contributed by atoms with Gasteiger partial charge in [0.15, 0.2) is 11.5 Å². The fraction of sp³-hybridized carbons (Fsp3) is 0.300. The molecule has 1 atom stereocenters. The maximum Gasteiger partial charge on any atom is 0.248 e. The number of anilines is 1. The molecule has 5 nitrogen and oxygen atoms in total. The van der Waals surface area contributed by atoms with Gasteiger partial charge in [0.05, 0.1) is 5.69 Å². The minimum Gasteiger partial charge on any atom is -0.454 e. The lowest BCUT2D eigenvalue weighted by Crippen LogP contribution is -2.27. The van der Waals surface area contributed by atoms with Gasteiger partial charge >= 0.3 is 0 Å². The van der Waals surface area contributed by atoms with Crippen LogP contribution in [0.5, 0.6) is 11.5 Å². The Morgan fingerprint density at radius 1 is 1.40 bits per heavy atom. The van der Waals surface area contributed by atoms with Crippen molar-refractivity contribution in [2.75, 3.05) is 18.7 Å². The lowest BCUT2D eigenvalue weighted by molar-refractivity contribution is -0.118. The van der Waals surface area contributed by atoms with E-state index in [2.05, 4.69) is 0 Å². The average molecular weight is 206 g/mol. The van der Waals surface area contributed by atoms with E-state index in [1.54, 1.807) is 24.1 Å². The summed E-state index contributed by atoms with van der Waals surface area (Å²) < 4.78 is 10.5. The van der Waals surface area contributed by atoms with Crippen molar-refractivity contribution < 1.29 is 14.3 Å². The summed E-state index contributed by atoms with van der Waals surface area (Å²) >= 11 is 0. The van der Waals surface area contributed by atoms with Gasteiger partial charge in [0.2, 0.25) is 12.7 Å². The van der Waals surface area contributed by atoms with Crippen molar-refractivity contribution >= 4 is 11.6 Å². The van der Waals surface area contributed by atoms with Crippen LogP contribution in [0.15, 0.2) is 12.1 Å². The molecule has 0 saturated carbocycles. The van der Waals surface area contributed by atoms with Gasteiger partial charge in [-0.3, -0.25) is 4.79 Å². The molecule has 1 aromatic rings. The van der Waals surface area contributed by atoms with E-state index < -0.39 is 6.04 Å². The largest absolute Gasteiger partial charge is 0.454 e. The quantitative estimate of drug-likeness (QED) is 0.667. The lowest BCUT2D eigenvalue weighted by Gasteiger charge is -2.09. The molecule has 1 unspecified atom stereocenters. The molecule has 5 heteroatoms. The van der Waals surface area contributed by atoms with Crippen molar-refractivity contribution in [1.82, 2.24) is 0 Å². The number of nitrogens with two attached hydrogens (primary N) is 1. The van der Waals surface area contributed by atoms with E-state index in [1.807, 2.05) is 0 Å². The molecule has 3 rings (SSSR count). The number of carbonyl (C=O) groups is 1. The first kappa shape index (κ1) is 8.55. The SMILES string of the molecule is CN1C(=O)C(N)c2cc3c(cc21)OCO3. The van der Waals surface area contributed by atoms with E-state index in [9.17, 15) is 4.79 Å². The molecule has 2 N–H and O–H groups in total. The third kappa shape index (κ3) is 0.979. The second kappa shape index (κ2) is 2.64. The molecule has 2 aliphatic rings. The number of hydrogen-bond acceptors (Lipinski definition) is 4. The first-order valence-corrected chi connectivity index (χ1v) is 4.65. The fourth-order valence-corrected chi connectivity index (χ4v) is 1.95. The van der Waals surface area contributed by atoms with Gasteiger partial charge in [0.1, 0.15) is 6.04 Å². The van der Waals surface area contributed by atoms with Crippen molar-refractivity contribution in [1.29, 1.82) is 0 Å². The minimum absolute atomic E-state index is 0.103. The number of rotatable bonds is 0. The highest BCUT2D eigenvalue weighted by Gasteiger charge is 2.34. The van der Waals surface area contributed by atoms with Gasteiger partial charge in [-0.15, -0.1) is 0 Å². The van der Waals surface area contributed by atoms with E-state index in [4.69, 9.17) is 15.2 Å². The van der Waals surface area contributed by atoms with Gasteiger partial charge in [-0.05, 0) is 6.07 Å². The second-order valence-corrected chi connectivity index (χ2v) is 3.64. The van der Waals surface area contributed by atoms with Crippen LogP contribution in [0.1, 0.15) is 11.6 Å². The number of benzene rings is 1. The summed E-state index contributed by atoms with van der Waals surface area (Å²) in [4.78, 5) is 13.2. The Balaban J connectivity index is 2.20. The minimum atomic E-state index is -0.584. The average Bonchev–Trinajstić information content (AvgIpc) is 2.77.